The maximum atomic E-state index is 10.9. The molecule has 6 rings (SSSR count). The first-order valence-corrected chi connectivity index (χ1v) is 13.5. The van der Waals surface area contributed by atoms with Crippen molar-refractivity contribution in [1.29, 1.82) is 0 Å². The second-order valence-corrected chi connectivity index (χ2v) is 9.95. The van der Waals surface area contributed by atoms with Crippen LogP contribution in [0.1, 0.15) is 0 Å². The molecule has 0 saturated heterocycles. The van der Waals surface area contributed by atoms with Crippen LogP contribution in [0.3, 0.4) is 0 Å². The van der Waals surface area contributed by atoms with Gasteiger partial charge < -0.3 is 4.55 Å². The fourth-order valence-corrected chi connectivity index (χ4v) is 4.90. The molecule has 0 amide bonds. The van der Waals surface area contributed by atoms with Gasteiger partial charge in [0.1, 0.15) is 10.1 Å². The predicted octanol–water partition coefficient (Wildman–Crippen LogP) is 8.31. The van der Waals surface area contributed by atoms with E-state index in [2.05, 4.69) is 60.7 Å². The number of benzene rings is 5. The quantitative estimate of drug-likeness (QED) is 0.175. The van der Waals surface area contributed by atoms with Crippen molar-refractivity contribution in [2.75, 3.05) is 0 Å². The summed E-state index contributed by atoms with van der Waals surface area (Å²) in [5.74, 6) is 1.74. The first-order chi connectivity index (χ1) is 18.5. The molecule has 0 N–H and O–H groups in total. The van der Waals surface area contributed by atoms with E-state index in [9.17, 15) is 13.0 Å². The molecule has 1 aromatic heterocycles. The van der Waals surface area contributed by atoms with Crippen molar-refractivity contribution < 1.29 is 17.4 Å². The molecule has 186 valence electrons. The van der Waals surface area contributed by atoms with E-state index in [4.69, 9.17) is 4.42 Å². The highest BCUT2D eigenvalue weighted by molar-refractivity contribution is 7.86. The van der Waals surface area contributed by atoms with Gasteiger partial charge in [0.05, 0.1) is 28.2 Å². The second kappa shape index (κ2) is 11.2. The normalized spacial score (nSPS) is 11.0. The van der Waals surface area contributed by atoms with E-state index in [0.29, 0.717) is 5.39 Å². The monoisotopic (exact) mass is 516 g/mol. The van der Waals surface area contributed by atoms with Gasteiger partial charge in [0, 0.05) is 5.56 Å². The summed E-state index contributed by atoms with van der Waals surface area (Å²) >= 11 is 0. The highest BCUT2D eigenvalue weighted by atomic mass is 32.2. The number of hydrogen-bond donors (Lipinski definition) is 0. The Kier molecular flexibility index (Phi) is 7.40. The minimum absolute atomic E-state index is 0.157. The van der Waals surface area contributed by atoms with Gasteiger partial charge in [-0.25, -0.2) is 12.8 Å². The Morgan fingerprint density at radius 1 is 0.474 bits per heavy atom. The van der Waals surface area contributed by atoms with Gasteiger partial charge in [-0.2, -0.15) is 0 Å². The Balaban J connectivity index is 0.000000179. The Morgan fingerprint density at radius 2 is 0.921 bits per heavy atom. The zero-order chi connectivity index (χ0) is 26.4. The second-order valence-electron chi connectivity index (χ2n) is 8.60. The van der Waals surface area contributed by atoms with Crippen LogP contribution >= 0.6 is 0 Å². The van der Waals surface area contributed by atoms with E-state index in [1.807, 2.05) is 42.5 Å². The van der Waals surface area contributed by atoms with Gasteiger partial charge in [-0.05, 0) is 46.7 Å². The fourth-order valence-electron chi connectivity index (χ4n) is 4.20. The number of rotatable bonds is 4. The maximum Gasteiger partial charge on any atom is 0.361 e. The lowest BCUT2D eigenvalue weighted by Crippen LogP contribution is -1.98. The molecule has 6 aromatic rings. The molecule has 4 nitrogen and oxygen atoms in total. The Morgan fingerprint density at radius 3 is 1.45 bits per heavy atom. The minimum Gasteiger partial charge on any atom is -0.744 e. The highest BCUT2D eigenvalue weighted by Crippen LogP contribution is 2.32. The van der Waals surface area contributed by atoms with Crippen LogP contribution in [0.5, 0.6) is 0 Å². The van der Waals surface area contributed by atoms with Gasteiger partial charge in [0.15, 0.2) is 0 Å². The average molecular weight is 517 g/mol. The molecule has 5 aromatic carbocycles. The highest BCUT2D eigenvalue weighted by Gasteiger charge is 2.20. The molecule has 0 aliphatic carbocycles. The fraction of sp³-hybridized carbons (Fsp3) is 0. The number of fused-ring (bicyclic) bond motifs is 1. The zero-order valence-electron chi connectivity index (χ0n) is 20.4. The van der Waals surface area contributed by atoms with Crippen LogP contribution in [0.15, 0.2) is 155 Å². The third kappa shape index (κ3) is 5.86. The molecule has 0 fully saturated rings. The summed E-state index contributed by atoms with van der Waals surface area (Å²) < 4.78 is 38.9. The Labute approximate surface area is 222 Å². The van der Waals surface area contributed by atoms with Crippen LogP contribution in [0.4, 0.5) is 0 Å². The molecule has 0 atom stereocenters. The van der Waals surface area contributed by atoms with E-state index in [-0.39, 0.29) is 4.90 Å². The smallest absolute Gasteiger partial charge is 0.361 e. The topological polar surface area (TPSA) is 68.5 Å². The summed E-state index contributed by atoms with van der Waals surface area (Å²) in [6, 6.07) is 46.6. The zero-order valence-corrected chi connectivity index (χ0v) is 21.2. The summed E-state index contributed by atoms with van der Waals surface area (Å²) in [5.41, 5.74) is 4.49. The van der Waals surface area contributed by atoms with Crippen molar-refractivity contribution in [2.24, 2.45) is 0 Å². The van der Waals surface area contributed by atoms with E-state index >= 15 is 0 Å². The summed E-state index contributed by atoms with van der Waals surface area (Å²) in [7, 11) is -4.38. The molecule has 0 spiro atoms. The molecule has 0 aliphatic rings. The van der Waals surface area contributed by atoms with Crippen molar-refractivity contribution in [1.82, 2.24) is 0 Å². The van der Waals surface area contributed by atoms with Crippen LogP contribution in [0, 0.1) is 0 Å². The van der Waals surface area contributed by atoms with E-state index in [1.165, 1.54) is 11.6 Å². The van der Waals surface area contributed by atoms with E-state index < -0.39 is 10.1 Å². The summed E-state index contributed by atoms with van der Waals surface area (Å²) in [6.45, 7) is 0. The largest absolute Gasteiger partial charge is 0.744 e. The van der Waals surface area contributed by atoms with E-state index in [0.717, 1.165) is 33.6 Å². The SMILES string of the molecule is O=S(=O)([O-])c1cccc2ccccc12.c1ccc(-c2cc(-c3ccccc3)[o+]c(-c3ccccc3)c2)cc1. The lowest BCUT2D eigenvalue weighted by atomic mass is 10.0. The van der Waals surface area contributed by atoms with Crippen molar-refractivity contribution in [3.63, 3.8) is 0 Å². The van der Waals surface area contributed by atoms with Gasteiger partial charge in [-0.1, -0.05) is 103 Å². The third-order valence-corrected chi connectivity index (χ3v) is 6.93. The Hall–Kier alpha value is -4.58. The van der Waals surface area contributed by atoms with Crippen molar-refractivity contribution >= 4 is 20.9 Å². The van der Waals surface area contributed by atoms with Crippen LogP contribution < -0.4 is 0 Å². The minimum atomic E-state index is -4.38. The number of hydrogen-bond acceptors (Lipinski definition) is 3. The van der Waals surface area contributed by atoms with Crippen LogP contribution in [-0.2, 0) is 10.1 Å². The summed E-state index contributed by atoms with van der Waals surface area (Å²) in [4.78, 5) is -0.157. The lowest BCUT2D eigenvalue weighted by Gasteiger charge is -2.09. The lowest BCUT2D eigenvalue weighted by molar-refractivity contribution is 0.464. The third-order valence-electron chi connectivity index (χ3n) is 6.04. The van der Waals surface area contributed by atoms with Gasteiger partial charge >= 0.3 is 11.5 Å². The van der Waals surface area contributed by atoms with Crippen LogP contribution in [-0.4, -0.2) is 13.0 Å². The summed E-state index contributed by atoms with van der Waals surface area (Å²) in [5, 5.41) is 1.23. The van der Waals surface area contributed by atoms with Crippen molar-refractivity contribution in [3.05, 3.63) is 146 Å². The van der Waals surface area contributed by atoms with Gasteiger partial charge in [0.2, 0.25) is 0 Å². The molecular weight excluding hydrogens is 492 g/mol. The molecule has 0 aliphatic heterocycles. The first-order valence-electron chi connectivity index (χ1n) is 12.1. The molecule has 0 saturated carbocycles. The maximum absolute atomic E-state index is 10.9. The van der Waals surface area contributed by atoms with Crippen molar-refractivity contribution in [2.45, 2.75) is 4.90 Å². The molecule has 38 heavy (non-hydrogen) atoms. The van der Waals surface area contributed by atoms with Gasteiger partial charge in [0.25, 0.3) is 0 Å². The van der Waals surface area contributed by atoms with E-state index in [1.54, 1.807) is 36.4 Å². The van der Waals surface area contributed by atoms with Gasteiger partial charge in [-0.15, -0.1) is 0 Å². The molecule has 0 unspecified atom stereocenters. The average Bonchev–Trinajstić information content (AvgIpc) is 2.98. The first kappa shape index (κ1) is 25.1. The van der Waals surface area contributed by atoms with Crippen LogP contribution in [0.2, 0.25) is 0 Å². The molecule has 1 heterocycles. The molecular formula is C33H24O4S. The molecule has 0 bridgehead atoms. The van der Waals surface area contributed by atoms with Gasteiger partial charge in [-0.3, -0.25) is 0 Å². The standard InChI is InChI=1S/C23H17O.C10H8O3S/c1-4-10-18(11-5-1)21-16-22(19-12-6-2-7-13-19)24-23(17-21)20-14-8-3-9-15-20;11-14(12,13)10-7-3-5-8-4-1-2-6-9(8)10/h1-17H;1-7H,(H,11,12,13)/q+1;/p-1. The summed E-state index contributed by atoms with van der Waals surface area (Å²) in [6.07, 6.45) is 0. The molecule has 5 heteroatoms. The predicted molar refractivity (Wildman–Crippen MR) is 151 cm³/mol. The Bertz CT molecular complexity index is 1620. The van der Waals surface area contributed by atoms with Crippen LogP contribution in [0.25, 0.3) is 44.5 Å². The molecule has 0 radical (unpaired) electrons. The van der Waals surface area contributed by atoms with Crippen molar-refractivity contribution in [3.8, 4) is 33.8 Å².